The number of carbonyl (C=O) groups excluding carboxylic acids is 1. The van der Waals surface area contributed by atoms with Crippen LogP contribution in [-0.4, -0.2) is 95.8 Å². The number of hydrogen-bond donors (Lipinski definition) is 0. The highest BCUT2D eigenvalue weighted by atomic mass is 16.5. The number of fused-ring (bicyclic) bond motifs is 1. The van der Waals surface area contributed by atoms with Gasteiger partial charge in [-0.25, -0.2) is 19.9 Å². The second-order valence-corrected chi connectivity index (χ2v) is 8.40. The third kappa shape index (κ3) is 6.04. The molecule has 12 heteroatoms. The number of aryl methyl sites for hydroxylation is 1. The van der Waals surface area contributed by atoms with Gasteiger partial charge in [0.2, 0.25) is 5.88 Å². The first-order valence-electron chi connectivity index (χ1n) is 12.0. The summed E-state index contributed by atoms with van der Waals surface area (Å²) >= 11 is 0. The third-order valence-electron chi connectivity index (χ3n) is 5.84. The van der Waals surface area contributed by atoms with Crippen molar-refractivity contribution in [2.24, 2.45) is 9.98 Å². The molecule has 0 N–H and O–H groups in total. The molecule has 4 rings (SSSR count). The maximum atomic E-state index is 11.1. The molecule has 0 radical (unpaired) electrons. The molecule has 1 fully saturated rings. The minimum absolute atomic E-state index is 0.357. The zero-order chi connectivity index (χ0) is 26.2. The number of aldehydes is 1. The Morgan fingerprint density at radius 3 is 2.73 bits per heavy atom. The Morgan fingerprint density at radius 1 is 1.27 bits per heavy atom. The van der Waals surface area contributed by atoms with Gasteiger partial charge >= 0.3 is 0 Å². The summed E-state index contributed by atoms with van der Waals surface area (Å²) in [6.07, 6.45) is 5.26. The summed E-state index contributed by atoms with van der Waals surface area (Å²) in [7, 11) is 3.52. The van der Waals surface area contributed by atoms with Crippen LogP contribution in [0.2, 0.25) is 0 Å². The van der Waals surface area contributed by atoms with E-state index in [1.54, 1.807) is 19.4 Å². The maximum absolute atomic E-state index is 11.1. The third-order valence-corrected chi connectivity index (χ3v) is 5.84. The van der Waals surface area contributed by atoms with Gasteiger partial charge in [0.15, 0.2) is 29.1 Å². The van der Waals surface area contributed by atoms with Gasteiger partial charge in [-0.3, -0.25) is 19.7 Å². The molecule has 3 aromatic heterocycles. The van der Waals surface area contributed by atoms with E-state index in [0.717, 1.165) is 41.5 Å². The van der Waals surface area contributed by atoms with Gasteiger partial charge in [-0.2, -0.15) is 0 Å². The fourth-order valence-corrected chi connectivity index (χ4v) is 4.02. The van der Waals surface area contributed by atoms with E-state index in [1.165, 1.54) is 12.4 Å². The number of imidazole rings is 1. The van der Waals surface area contributed by atoms with Crippen LogP contribution in [0, 0.1) is 0 Å². The summed E-state index contributed by atoms with van der Waals surface area (Å²) in [5.41, 5.74) is 2.67. The Hall–Kier alpha value is -4.03. The average Bonchev–Trinajstić information content (AvgIpc) is 3.29. The molecule has 3 aromatic rings. The van der Waals surface area contributed by atoms with Crippen LogP contribution in [0.3, 0.4) is 0 Å². The van der Waals surface area contributed by atoms with Crippen LogP contribution in [0.4, 0.5) is 5.82 Å². The lowest BCUT2D eigenvalue weighted by Crippen LogP contribution is -2.37. The molecule has 194 valence electrons. The molecular weight excluding hydrogens is 474 g/mol. The SMILES string of the molecule is C=N/C=C(C=O)\C=N/CN(C)Cc1nc2c(N3CCOCC3)nc(-c3ccc(OC)nc3)nc2n1CC. The predicted octanol–water partition coefficient (Wildman–Crippen LogP) is 2.00. The second-order valence-electron chi connectivity index (χ2n) is 8.40. The number of aromatic nitrogens is 5. The number of anilines is 1. The molecule has 0 bridgehead atoms. The van der Waals surface area contributed by atoms with E-state index < -0.39 is 0 Å². The molecule has 1 saturated heterocycles. The molecule has 0 aromatic carbocycles. The molecular formula is C25H31N9O3. The van der Waals surface area contributed by atoms with Crippen molar-refractivity contribution < 1.29 is 14.3 Å². The van der Waals surface area contributed by atoms with Gasteiger partial charge in [0.25, 0.3) is 0 Å². The highest BCUT2D eigenvalue weighted by Crippen LogP contribution is 2.29. The minimum Gasteiger partial charge on any atom is -0.481 e. The van der Waals surface area contributed by atoms with Crippen LogP contribution in [0.25, 0.3) is 22.6 Å². The molecule has 1 aliphatic rings. The number of ether oxygens (including phenoxy) is 2. The van der Waals surface area contributed by atoms with Gasteiger partial charge in [-0.05, 0) is 26.8 Å². The lowest BCUT2D eigenvalue weighted by molar-refractivity contribution is -0.104. The van der Waals surface area contributed by atoms with Crippen molar-refractivity contribution in [3.63, 3.8) is 0 Å². The largest absolute Gasteiger partial charge is 0.481 e. The van der Waals surface area contributed by atoms with E-state index in [2.05, 4.69) is 38.1 Å². The Balaban J connectivity index is 1.70. The molecule has 0 spiro atoms. The van der Waals surface area contributed by atoms with E-state index in [9.17, 15) is 4.79 Å². The molecule has 0 unspecified atom stereocenters. The van der Waals surface area contributed by atoms with E-state index in [0.29, 0.717) is 56.5 Å². The van der Waals surface area contributed by atoms with Crippen molar-refractivity contribution in [3.05, 3.63) is 35.9 Å². The number of morpholine rings is 1. The zero-order valence-corrected chi connectivity index (χ0v) is 21.4. The van der Waals surface area contributed by atoms with Crippen molar-refractivity contribution in [2.45, 2.75) is 20.0 Å². The highest BCUT2D eigenvalue weighted by molar-refractivity contribution is 6.01. The molecule has 37 heavy (non-hydrogen) atoms. The fraction of sp³-hybridized carbons (Fsp3) is 0.400. The smallest absolute Gasteiger partial charge is 0.212 e. The topological polar surface area (TPSA) is 123 Å². The van der Waals surface area contributed by atoms with Crippen molar-refractivity contribution in [2.75, 3.05) is 52.0 Å². The first kappa shape index (κ1) is 26.0. The summed E-state index contributed by atoms with van der Waals surface area (Å²) in [6.45, 7) is 9.73. The molecule has 0 amide bonds. The molecule has 12 nitrogen and oxygen atoms in total. The summed E-state index contributed by atoms with van der Waals surface area (Å²) in [6, 6.07) is 3.70. The van der Waals surface area contributed by atoms with E-state index >= 15 is 0 Å². The number of carbonyl (C=O) groups is 1. The lowest BCUT2D eigenvalue weighted by atomic mass is 10.2. The molecule has 0 atom stereocenters. The van der Waals surface area contributed by atoms with Crippen molar-refractivity contribution in [1.29, 1.82) is 0 Å². The summed E-state index contributed by atoms with van der Waals surface area (Å²) < 4.78 is 12.9. The van der Waals surface area contributed by atoms with Gasteiger partial charge in [0, 0.05) is 49.9 Å². The summed E-state index contributed by atoms with van der Waals surface area (Å²) in [5, 5.41) is 0. The van der Waals surface area contributed by atoms with Gasteiger partial charge in [-0.1, -0.05) is 0 Å². The van der Waals surface area contributed by atoms with Gasteiger partial charge in [0.1, 0.15) is 5.82 Å². The van der Waals surface area contributed by atoms with Crippen molar-refractivity contribution >= 4 is 36.2 Å². The van der Waals surface area contributed by atoms with E-state index in [4.69, 9.17) is 24.4 Å². The van der Waals surface area contributed by atoms with Crippen LogP contribution in [-0.2, 0) is 22.6 Å². The van der Waals surface area contributed by atoms with E-state index in [-0.39, 0.29) is 0 Å². The zero-order valence-electron chi connectivity index (χ0n) is 21.4. The highest BCUT2D eigenvalue weighted by Gasteiger charge is 2.23. The van der Waals surface area contributed by atoms with Crippen LogP contribution < -0.4 is 9.64 Å². The summed E-state index contributed by atoms with van der Waals surface area (Å²) in [5.74, 6) is 2.74. The number of nitrogens with zero attached hydrogens (tertiary/aromatic N) is 9. The predicted molar refractivity (Wildman–Crippen MR) is 142 cm³/mol. The Bertz CT molecular complexity index is 1290. The minimum atomic E-state index is 0.357. The lowest BCUT2D eigenvalue weighted by Gasteiger charge is -2.28. The van der Waals surface area contributed by atoms with Gasteiger partial charge in [0.05, 0.1) is 39.1 Å². The summed E-state index contributed by atoms with van der Waals surface area (Å²) in [4.78, 5) is 42.4. The fourth-order valence-electron chi connectivity index (χ4n) is 4.02. The molecule has 0 saturated carbocycles. The number of rotatable bonds is 11. The standard InChI is InChI=1S/C25H31N9O3/c1-5-34-20(15-32(3)17-27-13-18(16-35)12-26-2)29-22-24(33-8-10-37-11-9-33)30-23(31-25(22)34)19-6-7-21(36-4)28-14-19/h6-7,12-14,16H,2,5,8-11,15,17H2,1,3-4H3/b18-12+,27-13-. The van der Waals surface area contributed by atoms with Gasteiger partial charge < -0.3 is 18.9 Å². The maximum Gasteiger partial charge on any atom is 0.212 e. The number of hydrogen-bond acceptors (Lipinski definition) is 11. The Morgan fingerprint density at radius 2 is 2.08 bits per heavy atom. The molecule has 0 aliphatic carbocycles. The van der Waals surface area contributed by atoms with Crippen molar-refractivity contribution in [1.82, 2.24) is 29.4 Å². The van der Waals surface area contributed by atoms with Gasteiger partial charge in [-0.15, -0.1) is 0 Å². The number of methoxy groups -OCH3 is 1. The normalized spacial score (nSPS) is 14.6. The molecule has 4 heterocycles. The quantitative estimate of drug-likeness (QED) is 0.219. The Kier molecular flexibility index (Phi) is 8.64. The van der Waals surface area contributed by atoms with Crippen molar-refractivity contribution in [3.8, 4) is 17.3 Å². The van der Waals surface area contributed by atoms with Crippen LogP contribution in [0.1, 0.15) is 12.7 Å². The molecule has 1 aliphatic heterocycles. The second kappa shape index (κ2) is 12.3. The Labute approximate surface area is 215 Å². The van der Waals surface area contributed by atoms with E-state index in [1.807, 2.05) is 18.0 Å². The van der Waals surface area contributed by atoms with Crippen LogP contribution in [0.5, 0.6) is 5.88 Å². The number of pyridine rings is 1. The first-order chi connectivity index (χ1) is 18.1. The monoisotopic (exact) mass is 505 g/mol. The number of allylic oxidation sites excluding steroid dienone is 1. The first-order valence-corrected chi connectivity index (χ1v) is 12.0. The number of aliphatic imine (C=N–C) groups is 2. The average molecular weight is 506 g/mol. The van der Waals surface area contributed by atoms with Crippen LogP contribution in [0.15, 0.2) is 40.1 Å². The van der Waals surface area contributed by atoms with Crippen LogP contribution >= 0.6 is 0 Å².